The van der Waals surface area contributed by atoms with Crippen LogP contribution in [0.1, 0.15) is 40.0 Å². The second kappa shape index (κ2) is 13.4. The number of hydrogen-bond donors (Lipinski definition) is 0. The number of benzene rings is 1. The van der Waals surface area contributed by atoms with E-state index < -0.39 is 30.1 Å². The molecule has 0 unspecified atom stereocenters. The minimum atomic E-state index is -0.964. The molecule has 0 radical (unpaired) electrons. The van der Waals surface area contributed by atoms with Gasteiger partial charge in [-0.2, -0.15) is 0 Å². The van der Waals surface area contributed by atoms with Crippen molar-refractivity contribution < 1.29 is 33.3 Å². The largest absolute Gasteiger partial charge is 0.514 e. The molecule has 7 heteroatoms. The van der Waals surface area contributed by atoms with Crippen molar-refractivity contribution >= 4 is 18.1 Å². The molecule has 28 heavy (non-hydrogen) atoms. The fourth-order valence-electron chi connectivity index (χ4n) is 2.32. The summed E-state index contributed by atoms with van der Waals surface area (Å²) < 4.78 is 20.2. The van der Waals surface area contributed by atoms with Crippen molar-refractivity contribution in [2.24, 2.45) is 5.92 Å². The van der Waals surface area contributed by atoms with E-state index in [4.69, 9.17) is 18.9 Å². The third kappa shape index (κ3) is 8.70. The summed E-state index contributed by atoms with van der Waals surface area (Å²) >= 11 is 0. The molecule has 0 heterocycles. The van der Waals surface area contributed by atoms with E-state index in [9.17, 15) is 14.4 Å². The highest BCUT2D eigenvalue weighted by atomic mass is 16.7. The van der Waals surface area contributed by atoms with Gasteiger partial charge in [0.15, 0.2) is 5.92 Å². The van der Waals surface area contributed by atoms with Gasteiger partial charge in [-0.3, -0.25) is 9.59 Å². The van der Waals surface area contributed by atoms with Crippen LogP contribution in [-0.2, 0) is 23.8 Å². The standard InChI is InChI=1S/C21H28O7/c1-4-16(27-21(24)28-17-13-8-7-9-14-17)12-10-11-15-18(19(22)25-5-2)20(23)26-6-3/h7-10,12-14,16,18H,4-6,11,15H2,1-3H3/b12-10+/t16-/m0/s1. The molecule has 0 aromatic heterocycles. The van der Waals surface area contributed by atoms with Gasteiger partial charge in [-0.1, -0.05) is 31.2 Å². The lowest BCUT2D eigenvalue weighted by atomic mass is 10.0. The van der Waals surface area contributed by atoms with E-state index in [1.54, 1.807) is 50.3 Å². The third-order valence-electron chi connectivity index (χ3n) is 3.71. The molecule has 0 amide bonds. The van der Waals surface area contributed by atoms with Crippen molar-refractivity contribution in [3.8, 4) is 5.75 Å². The van der Waals surface area contributed by atoms with Gasteiger partial charge < -0.3 is 18.9 Å². The molecule has 0 aliphatic rings. The van der Waals surface area contributed by atoms with Crippen LogP contribution < -0.4 is 4.74 Å². The fraction of sp³-hybridized carbons (Fsp3) is 0.476. The quantitative estimate of drug-likeness (QED) is 0.184. The van der Waals surface area contributed by atoms with Crippen molar-refractivity contribution in [3.63, 3.8) is 0 Å². The average molecular weight is 392 g/mol. The van der Waals surface area contributed by atoms with Gasteiger partial charge in [-0.05, 0) is 51.3 Å². The Labute approximate surface area is 165 Å². The monoisotopic (exact) mass is 392 g/mol. The molecule has 0 fully saturated rings. The van der Waals surface area contributed by atoms with Gasteiger partial charge in [0.1, 0.15) is 11.9 Å². The summed E-state index contributed by atoms with van der Waals surface area (Å²) in [4.78, 5) is 35.7. The summed E-state index contributed by atoms with van der Waals surface area (Å²) in [5, 5.41) is 0. The Morgan fingerprint density at radius 2 is 1.57 bits per heavy atom. The number of carbonyl (C=O) groups is 3. The third-order valence-corrected chi connectivity index (χ3v) is 3.71. The van der Waals surface area contributed by atoms with Crippen LogP contribution in [0.5, 0.6) is 5.75 Å². The zero-order chi connectivity index (χ0) is 20.8. The predicted octanol–water partition coefficient (Wildman–Crippen LogP) is 4.06. The first-order valence-corrected chi connectivity index (χ1v) is 9.45. The Balaban J connectivity index is 2.53. The van der Waals surface area contributed by atoms with Gasteiger partial charge in [0.25, 0.3) is 0 Å². The van der Waals surface area contributed by atoms with Crippen LogP contribution in [0.15, 0.2) is 42.5 Å². The Bertz CT molecular complexity index is 621. The normalized spacial score (nSPS) is 11.9. The molecular weight excluding hydrogens is 364 g/mol. The molecule has 1 aromatic carbocycles. The van der Waals surface area contributed by atoms with Gasteiger partial charge >= 0.3 is 18.1 Å². The summed E-state index contributed by atoms with van der Waals surface area (Å²) in [6, 6.07) is 8.63. The molecule has 0 saturated carbocycles. The van der Waals surface area contributed by atoms with Crippen LogP contribution in [0.2, 0.25) is 0 Å². The fourth-order valence-corrected chi connectivity index (χ4v) is 2.32. The molecule has 1 aromatic rings. The van der Waals surface area contributed by atoms with E-state index in [0.29, 0.717) is 18.6 Å². The maximum absolute atomic E-state index is 11.9. The molecular formula is C21H28O7. The van der Waals surface area contributed by atoms with E-state index in [2.05, 4.69) is 0 Å². The van der Waals surface area contributed by atoms with Crippen molar-refractivity contribution in [3.05, 3.63) is 42.5 Å². The van der Waals surface area contributed by atoms with E-state index in [-0.39, 0.29) is 19.6 Å². The summed E-state index contributed by atoms with van der Waals surface area (Å²) in [5.74, 6) is -1.75. The van der Waals surface area contributed by atoms with Crippen LogP contribution in [0.3, 0.4) is 0 Å². The number of para-hydroxylation sites is 1. The van der Waals surface area contributed by atoms with E-state index in [0.717, 1.165) is 0 Å². The number of carbonyl (C=O) groups excluding carboxylic acids is 3. The van der Waals surface area contributed by atoms with Crippen LogP contribution in [0.25, 0.3) is 0 Å². The second-order valence-corrected chi connectivity index (χ2v) is 5.79. The average Bonchev–Trinajstić information content (AvgIpc) is 2.67. The number of allylic oxidation sites excluding steroid dienone is 1. The summed E-state index contributed by atoms with van der Waals surface area (Å²) in [5.41, 5.74) is 0. The molecule has 0 N–H and O–H groups in total. The molecule has 0 spiro atoms. The minimum absolute atomic E-state index is 0.194. The molecule has 0 aliphatic carbocycles. The van der Waals surface area contributed by atoms with Crippen LogP contribution in [-0.4, -0.2) is 37.4 Å². The lowest BCUT2D eigenvalue weighted by Crippen LogP contribution is -2.28. The molecule has 0 bridgehead atoms. The van der Waals surface area contributed by atoms with E-state index >= 15 is 0 Å². The molecule has 0 aliphatic heterocycles. The van der Waals surface area contributed by atoms with Crippen molar-refractivity contribution in [1.29, 1.82) is 0 Å². The van der Waals surface area contributed by atoms with Gasteiger partial charge in [0.2, 0.25) is 0 Å². The topological polar surface area (TPSA) is 88.1 Å². The molecule has 7 nitrogen and oxygen atoms in total. The lowest BCUT2D eigenvalue weighted by Gasteiger charge is -2.14. The van der Waals surface area contributed by atoms with E-state index in [1.165, 1.54) is 0 Å². The van der Waals surface area contributed by atoms with Crippen molar-refractivity contribution in [2.45, 2.75) is 46.1 Å². The van der Waals surface area contributed by atoms with Crippen LogP contribution in [0, 0.1) is 5.92 Å². The summed E-state index contributed by atoms with van der Waals surface area (Å²) in [6.07, 6.45) is 3.43. The van der Waals surface area contributed by atoms with Gasteiger partial charge in [0.05, 0.1) is 13.2 Å². The highest BCUT2D eigenvalue weighted by Gasteiger charge is 2.28. The molecule has 154 valence electrons. The maximum atomic E-state index is 11.9. The predicted molar refractivity (Wildman–Crippen MR) is 103 cm³/mol. The van der Waals surface area contributed by atoms with Gasteiger partial charge in [-0.25, -0.2) is 4.79 Å². The van der Waals surface area contributed by atoms with Crippen LogP contribution in [0.4, 0.5) is 4.79 Å². The summed E-state index contributed by atoms with van der Waals surface area (Å²) in [6.45, 7) is 5.61. The Morgan fingerprint density at radius 3 is 2.11 bits per heavy atom. The number of rotatable bonds is 11. The Hall–Kier alpha value is -2.83. The molecule has 1 atom stereocenters. The SMILES string of the molecule is CCOC(=O)C(CC/C=C/[C@H](CC)OC(=O)Oc1ccccc1)C(=O)OCC. The number of ether oxygens (including phenoxy) is 4. The minimum Gasteiger partial charge on any atom is -0.465 e. The van der Waals surface area contributed by atoms with Gasteiger partial charge in [0, 0.05) is 0 Å². The van der Waals surface area contributed by atoms with Gasteiger partial charge in [-0.15, -0.1) is 0 Å². The smallest absolute Gasteiger partial charge is 0.465 e. The highest BCUT2D eigenvalue weighted by Crippen LogP contribution is 2.14. The van der Waals surface area contributed by atoms with Crippen LogP contribution >= 0.6 is 0 Å². The van der Waals surface area contributed by atoms with Crippen molar-refractivity contribution in [1.82, 2.24) is 0 Å². The zero-order valence-electron chi connectivity index (χ0n) is 16.6. The second-order valence-electron chi connectivity index (χ2n) is 5.79. The van der Waals surface area contributed by atoms with E-state index in [1.807, 2.05) is 13.0 Å². The maximum Gasteiger partial charge on any atom is 0.514 e. The molecule has 1 rings (SSSR count). The number of esters is 2. The highest BCUT2D eigenvalue weighted by molar-refractivity contribution is 5.94. The first kappa shape index (κ1) is 23.2. The Morgan fingerprint density at radius 1 is 0.964 bits per heavy atom. The summed E-state index contributed by atoms with van der Waals surface area (Å²) in [7, 11) is 0. The Kier molecular flexibility index (Phi) is 11.1. The lowest BCUT2D eigenvalue weighted by molar-refractivity contribution is -0.161. The first-order valence-electron chi connectivity index (χ1n) is 9.45. The number of hydrogen-bond acceptors (Lipinski definition) is 7. The zero-order valence-corrected chi connectivity index (χ0v) is 16.6. The first-order chi connectivity index (χ1) is 13.5. The molecule has 0 saturated heterocycles. The van der Waals surface area contributed by atoms with Crippen molar-refractivity contribution in [2.75, 3.05) is 13.2 Å².